The third-order valence-electron chi connectivity index (χ3n) is 3.27. The molecule has 0 radical (unpaired) electrons. The Morgan fingerprint density at radius 3 is 2.35 bits per heavy atom. The van der Waals surface area contributed by atoms with E-state index in [1.165, 1.54) is 18.2 Å². The van der Waals surface area contributed by atoms with E-state index in [0.717, 1.165) is 0 Å². The highest BCUT2D eigenvalue weighted by Gasteiger charge is 2.22. The molecule has 2 unspecified atom stereocenters. The maximum Gasteiger partial charge on any atom is 0.320 e. The van der Waals surface area contributed by atoms with Crippen LogP contribution >= 0.6 is 12.6 Å². The van der Waals surface area contributed by atoms with E-state index < -0.39 is 17.3 Å². The molecule has 2 aromatic carbocycles. The second-order valence-corrected chi connectivity index (χ2v) is 5.54. The normalized spacial score (nSPS) is 13.1. The average molecular weight is 332 g/mol. The van der Waals surface area contributed by atoms with Gasteiger partial charge in [0.1, 0.15) is 22.9 Å². The monoisotopic (exact) mass is 332 g/mol. The van der Waals surface area contributed by atoms with Crippen molar-refractivity contribution in [1.29, 1.82) is 0 Å². The van der Waals surface area contributed by atoms with Crippen LogP contribution in [0.4, 0.5) is 0 Å². The van der Waals surface area contributed by atoms with E-state index >= 15 is 0 Å². The topological polar surface area (TPSA) is 83.8 Å². The number of phenolic OH excluding ortho intramolecular Hbond substituents is 1. The molecular weight excluding hydrogens is 316 g/mol. The quantitative estimate of drug-likeness (QED) is 0.559. The van der Waals surface area contributed by atoms with Crippen LogP contribution in [0.3, 0.4) is 0 Å². The second kappa shape index (κ2) is 7.19. The van der Waals surface area contributed by atoms with Gasteiger partial charge in [-0.15, -0.1) is 0 Å². The number of ketones is 1. The molecule has 0 aromatic heterocycles. The minimum absolute atomic E-state index is 0.150. The number of carbonyl (C=O) groups is 2. The van der Waals surface area contributed by atoms with Crippen molar-refractivity contribution in [2.75, 3.05) is 0 Å². The number of carboxylic acids is 1. The Hall–Kier alpha value is -2.47. The third-order valence-corrected chi connectivity index (χ3v) is 3.91. The second-order valence-electron chi connectivity index (χ2n) is 4.98. The van der Waals surface area contributed by atoms with Gasteiger partial charge in [-0.3, -0.25) is 9.59 Å². The fraction of sp³-hybridized carbons (Fsp3) is 0.176. The molecule has 0 aliphatic carbocycles. The van der Waals surface area contributed by atoms with E-state index in [1.807, 2.05) is 0 Å². The molecule has 0 fully saturated rings. The van der Waals surface area contributed by atoms with Crippen molar-refractivity contribution in [3.05, 3.63) is 59.7 Å². The van der Waals surface area contributed by atoms with Gasteiger partial charge in [-0.1, -0.05) is 30.3 Å². The highest BCUT2D eigenvalue weighted by Crippen LogP contribution is 2.27. The van der Waals surface area contributed by atoms with Crippen molar-refractivity contribution >= 4 is 24.4 Å². The molecule has 120 valence electrons. The van der Waals surface area contributed by atoms with Crippen LogP contribution in [-0.4, -0.2) is 33.3 Å². The molecule has 0 heterocycles. The summed E-state index contributed by atoms with van der Waals surface area (Å²) in [4.78, 5) is 23.2. The fourth-order valence-electron chi connectivity index (χ4n) is 2.00. The van der Waals surface area contributed by atoms with E-state index in [2.05, 4.69) is 12.6 Å². The summed E-state index contributed by atoms with van der Waals surface area (Å²) in [6.07, 6.45) is -0.703. The number of benzene rings is 2. The van der Waals surface area contributed by atoms with Gasteiger partial charge in [0.25, 0.3) is 0 Å². The summed E-state index contributed by atoms with van der Waals surface area (Å²) in [5.41, 5.74) is 0.614. The SMILES string of the molecule is CC(Oc1ccc(C(=O)c2ccccc2)c(O)c1)C(S)C(=O)O. The van der Waals surface area contributed by atoms with Gasteiger partial charge in [0.15, 0.2) is 5.78 Å². The van der Waals surface area contributed by atoms with Crippen molar-refractivity contribution in [3.8, 4) is 11.5 Å². The van der Waals surface area contributed by atoms with Crippen LogP contribution in [0.1, 0.15) is 22.8 Å². The lowest BCUT2D eigenvalue weighted by Crippen LogP contribution is -2.31. The zero-order valence-corrected chi connectivity index (χ0v) is 13.2. The lowest BCUT2D eigenvalue weighted by atomic mass is 10.0. The van der Waals surface area contributed by atoms with E-state index in [4.69, 9.17) is 9.84 Å². The lowest BCUT2D eigenvalue weighted by Gasteiger charge is -2.18. The largest absolute Gasteiger partial charge is 0.507 e. The van der Waals surface area contributed by atoms with E-state index in [1.54, 1.807) is 37.3 Å². The van der Waals surface area contributed by atoms with Crippen molar-refractivity contribution in [2.45, 2.75) is 18.3 Å². The highest BCUT2D eigenvalue weighted by molar-refractivity contribution is 7.81. The van der Waals surface area contributed by atoms with Crippen LogP contribution in [0.25, 0.3) is 0 Å². The van der Waals surface area contributed by atoms with Crippen LogP contribution in [-0.2, 0) is 4.79 Å². The third kappa shape index (κ3) is 4.04. The Kier molecular flexibility index (Phi) is 5.28. The number of aliphatic carboxylic acids is 1. The summed E-state index contributed by atoms with van der Waals surface area (Å²) in [6, 6.07) is 12.8. The molecule has 2 atom stereocenters. The van der Waals surface area contributed by atoms with E-state index in [0.29, 0.717) is 5.56 Å². The summed E-state index contributed by atoms with van der Waals surface area (Å²) in [6.45, 7) is 1.56. The van der Waals surface area contributed by atoms with E-state index in [-0.39, 0.29) is 22.8 Å². The Bertz CT molecular complexity index is 714. The molecule has 0 saturated heterocycles. The molecule has 0 amide bonds. The molecule has 0 aliphatic rings. The average Bonchev–Trinajstić information content (AvgIpc) is 2.54. The summed E-state index contributed by atoms with van der Waals surface area (Å²) >= 11 is 3.94. The van der Waals surface area contributed by atoms with Crippen molar-refractivity contribution in [2.24, 2.45) is 0 Å². The minimum Gasteiger partial charge on any atom is -0.507 e. The first-order valence-corrected chi connectivity index (χ1v) is 7.42. The summed E-state index contributed by atoms with van der Waals surface area (Å²) < 4.78 is 5.43. The van der Waals surface area contributed by atoms with Gasteiger partial charge in [0, 0.05) is 11.6 Å². The maximum atomic E-state index is 12.3. The molecule has 2 rings (SSSR count). The number of thiol groups is 1. The number of carboxylic acid groups (broad SMARTS) is 1. The van der Waals surface area contributed by atoms with Crippen LogP contribution in [0.5, 0.6) is 11.5 Å². The van der Waals surface area contributed by atoms with Gasteiger partial charge in [-0.2, -0.15) is 12.6 Å². The highest BCUT2D eigenvalue weighted by atomic mass is 32.1. The fourth-order valence-corrected chi connectivity index (χ4v) is 2.06. The molecule has 5 nitrogen and oxygen atoms in total. The molecule has 23 heavy (non-hydrogen) atoms. The van der Waals surface area contributed by atoms with Crippen LogP contribution < -0.4 is 4.74 Å². The number of aromatic hydroxyl groups is 1. The van der Waals surface area contributed by atoms with Gasteiger partial charge in [0.05, 0.1) is 5.56 Å². The number of rotatable bonds is 6. The van der Waals surface area contributed by atoms with Crippen molar-refractivity contribution in [1.82, 2.24) is 0 Å². The maximum absolute atomic E-state index is 12.3. The summed E-state index contributed by atoms with van der Waals surface area (Å²) in [7, 11) is 0. The molecule has 6 heteroatoms. The first-order chi connectivity index (χ1) is 10.9. The smallest absolute Gasteiger partial charge is 0.320 e. The van der Waals surface area contributed by atoms with Gasteiger partial charge < -0.3 is 14.9 Å². The van der Waals surface area contributed by atoms with Gasteiger partial charge in [-0.25, -0.2) is 0 Å². The Morgan fingerprint density at radius 1 is 1.13 bits per heavy atom. The van der Waals surface area contributed by atoms with Crippen LogP contribution in [0.15, 0.2) is 48.5 Å². The molecular formula is C17H16O5S. The first kappa shape index (κ1) is 16.9. The number of ether oxygens (including phenoxy) is 1. The molecule has 0 bridgehead atoms. The van der Waals surface area contributed by atoms with Crippen LogP contribution in [0.2, 0.25) is 0 Å². The first-order valence-electron chi connectivity index (χ1n) is 6.90. The zero-order chi connectivity index (χ0) is 17.0. The van der Waals surface area contributed by atoms with Gasteiger partial charge >= 0.3 is 5.97 Å². The van der Waals surface area contributed by atoms with Crippen molar-refractivity contribution < 1.29 is 24.5 Å². The molecule has 2 N–H and O–H groups in total. The number of phenols is 1. The molecule has 0 spiro atoms. The Balaban J connectivity index is 2.18. The standard InChI is InChI=1S/C17H16O5S/c1-10(16(23)17(20)21)22-12-7-8-13(14(18)9-12)15(19)11-5-3-2-4-6-11/h2-10,16,18,23H,1H3,(H,20,21). The molecule has 0 aliphatic heterocycles. The van der Waals surface area contributed by atoms with Crippen LogP contribution in [0, 0.1) is 0 Å². The minimum atomic E-state index is -1.10. The lowest BCUT2D eigenvalue weighted by molar-refractivity contribution is -0.137. The van der Waals surface area contributed by atoms with Gasteiger partial charge in [0.2, 0.25) is 0 Å². The Labute approximate surface area is 138 Å². The van der Waals surface area contributed by atoms with Gasteiger partial charge in [-0.05, 0) is 19.1 Å². The molecule has 2 aromatic rings. The summed E-state index contributed by atoms with van der Waals surface area (Å²) in [5.74, 6) is -1.37. The predicted molar refractivity (Wildman–Crippen MR) is 88.5 cm³/mol. The van der Waals surface area contributed by atoms with E-state index in [9.17, 15) is 14.7 Å². The van der Waals surface area contributed by atoms with Crippen molar-refractivity contribution in [3.63, 3.8) is 0 Å². The summed E-state index contributed by atoms with van der Waals surface area (Å²) in [5, 5.41) is 17.9. The zero-order valence-electron chi connectivity index (χ0n) is 12.3. The number of hydrogen-bond donors (Lipinski definition) is 3. The predicted octanol–water partition coefficient (Wildman–Crippen LogP) is 2.77. The molecule has 0 saturated carbocycles. The number of carbonyl (C=O) groups excluding carboxylic acids is 1. The Morgan fingerprint density at radius 2 is 1.78 bits per heavy atom. The number of hydrogen-bond acceptors (Lipinski definition) is 5.